The number of sulfonamides is 1. The second kappa shape index (κ2) is 4.46. The van der Waals surface area contributed by atoms with Crippen LogP contribution in [0.1, 0.15) is 0 Å². The molecule has 0 N–H and O–H groups in total. The van der Waals surface area contributed by atoms with Crippen molar-refractivity contribution >= 4 is 27.0 Å². The van der Waals surface area contributed by atoms with E-state index in [0.717, 1.165) is 11.3 Å². The van der Waals surface area contributed by atoms with E-state index in [1.54, 1.807) is 17.6 Å². The van der Waals surface area contributed by atoms with Gasteiger partial charge in [0.05, 0.1) is 23.1 Å². The first-order valence-electron chi connectivity index (χ1n) is 4.91. The van der Waals surface area contributed by atoms with Gasteiger partial charge in [0, 0.05) is 18.0 Å². The summed E-state index contributed by atoms with van der Waals surface area (Å²) in [5, 5.41) is 1.95. The van der Waals surface area contributed by atoms with Gasteiger partial charge in [-0.05, 0) is 12.1 Å². The lowest BCUT2D eigenvalue weighted by atomic mass is 10.1. The average Bonchev–Trinajstić information content (AvgIpc) is 2.80. The maximum absolute atomic E-state index is 11.4. The van der Waals surface area contributed by atoms with Crippen LogP contribution in [0, 0.1) is 0 Å². The monoisotopic (exact) mass is 268 g/mol. The van der Waals surface area contributed by atoms with E-state index in [9.17, 15) is 8.42 Å². The second-order valence-electron chi connectivity index (χ2n) is 3.65. The zero-order chi connectivity index (χ0) is 12.5. The lowest BCUT2D eigenvalue weighted by Crippen LogP contribution is -2.24. The van der Waals surface area contributed by atoms with Crippen molar-refractivity contribution in [3.05, 3.63) is 35.2 Å². The fraction of sp³-hybridized carbons (Fsp3) is 0.182. The molecule has 0 spiro atoms. The first kappa shape index (κ1) is 12.1. The molecule has 0 bridgehead atoms. The van der Waals surface area contributed by atoms with Crippen molar-refractivity contribution in [1.82, 2.24) is 4.98 Å². The van der Waals surface area contributed by atoms with Crippen LogP contribution in [0.3, 0.4) is 0 Å². The Morgan fingerprint density at radius 3 is 2.35 bits per heavy atom. The van der Waals surface area contributed by atoms with E-state index in [4.69, 9.17) is 0 Å². The number of thiazole rings is 1. The average molecular weight is 268 g/mol. The van der Waals surface area contributed by atoms with Crippen LogP contribution in [-0.2, 0) is 10.0 Å². The molecular weight excluding hydrogens is 256 g/mol. The number of anilines is 1. The van der Waals surface area contributed by atoms with Crippen LogP contribution in [0.5, 0.6) is 0 Å². The normalized spacial score (nSPS) is 11.4. The van der Waals surface area contributed by atoms with Crippen molar-refractivity contribution in [3.63, 3.8) is 0 Å². The van der Waals surface area contributed by atoms with Gasteiger partial charge in [-0.15, -0.1) is 11.3 Å². The van der Waals surface area contributed by atoms with E-state index in [2.05, 4.69) is 4.98 Å². The topological polar surface area (TPSA) is 50.3 Å². The highest BCUT2D eigenvalue weighted by Gasteiger charge is 2.11. The van der Waals surface area contributed by atoms with Crippen LogP contribution in [0.2, 0.25) is 0 Å². The van der Waals surface area contributed by atoms with E-state index in [-0.39, 0.29) is 0 Å². The fourth-order valence-electron chi connectivity index (χ4n) is 1.39. The highest BCUT2D eigenvalue weighted by molar-refractivity contribution is 7.92. The van der Waals surface area contributed by atoms with Crippen molar-refractivity contribution in [3.8, 4) is 11.3 Å². The summed E-state index contributed by atoms with van der Waals surface area (Å²) in [6, 6.07) is 7.28. The van der Waals surface area contributed by atoms with Crippen LogP contribution in [0.4, 0.5) is 5.69 Å². The molecular formula is C11H12N2O2S2. The predicted octanol–water partition coefficient (Wildman–Crippen LogP) is 2.21. The quantitative estimate of drug-likeness (QED) is 0.857. The van der Waals surface area contributed by atoms with Gasteiger partial charge < -0.3 is 0 Å². The van der Waals surface area contributed by atoms with Crippen molar-refractivity contribution in [2.75, 3.05) is 17.6 Å². The summed E-state index contributed by atoms with van der Waals surface area (Å²) in [6.45, 7) is 0. The maximum Gasteiger partial charge on any atom is 0.231 e. The molecule has 0 amide bonds. The molecule has 0 aliphatic carbocycles. The summed E-state index contributed by atoms with van der Waals surface area (Å²) in [5.74, 6) is 0. The Morgan fingerprint density at radius 1 is 1.24 bits per heavy atom. The van der Waals surface area contributed by atoms with Crippen molar-refractivity contribution < 1.29 is 8.42 Å². The summed E-state index contributed by atoms with van der Waals surface area (Å²) in [7, 11) is -1.67. The number of hydrogen-bond acceptors (Lipinski definition) is 4. The Labute approximate surface area is 105 Å². The number of benzene rings is 1. The zero-order valence-electron chi connectivity index (χ0n) is 9.49. The van der Waals surface area contributed by atoms with Crippen molar-refractivity contribution in [1.29, 1.82) is 0 Å². The van der Waals surface area contributed by atoms with E-state index in [1.165, 1.54) is 28.9 Å². The van der Waals surface area contributed by atoms with Gasteiger partial charge in [0.2, 0.25) is 10.0 Å². The molecule has 0 aliphatic rings. The summed E-state index contributed by atoms with van der Waals surface area (Å²) in [6.07, 6.45) is 1.18. The van der Waals surface area contributed by atoms with Gasteiger partial charge in [0.15, 0.2) is 0 Å². The van der Waals surface area contributed by atoms with Gasteiger partial charge in [-0.1, -0.05) is 12.1 Å². The molecule has 1 heterocycles. The first-order chi connectivity index (χ1) is 7.98. The largest absolute Gasteiger partial charge is 0.274 e. The lowest BCUT2D eigenvalue weighted by Gasteiger charge is -2.16. The van der Waals surface area contributed by atoms with Crippen LogP contribution < -0.4 is 4.31 Å². The molecule has 0 unspecified atom stereocenters. The highest BCUT2D eigenvalue weighted by Crippen LogP contribution is 2.23. The lowest BCUT2D eigenvalue weighted by molar-refractivity contribution is 0.600. The minimum Gasteiger partial charge on any atom is -0.274 e. The predicted molar refractivity (Wildman–Crippen MR) is 70.8 cm³/mol. The van der Waals surface area contributed by atoms with Crippen molar-refractivity contribution in [2.24, 2.45) is 0 Å². The molecule has 2 rings (SSSR count). The molecule has 1 aromatic heterocycles. The van der Waals surface area contributed by atoms with Crippen LogP contribution in [-0.4, -0.2) is 26.7 Å². The SMILES string of the molecule is CN(c1ccc(-c2cscn2)cc1)S(C)(=O)=O. The first-order valence-corrected chi connectivity index (χ1v) is 7.70. The Balaban J connectivity index is 2.31. The number of hydrogen-bond donors (Lipinski definition) is 0. The van der Waals surface area contributed by atoms with E-state index >= 15 is 0 Å². The molecule has 0 aliphatic heterocycles. The Morgan fingerprint density at radius 2 is 1.88 bits per heavy atom. The standard InChI is InChI=1S/C11H12N2O2S2/c1-13(17(2,14)15)10-5-3-9(4-6-10)11-7-16-8-12-11/h3-8H,1-2H3. The Hall–Kier alpha value is -1.40. The number of aromatic nitrogens is 1. The minimum atomic E-state index is -3.20. The summed E-state index contributed by atoms with van der Waals surface area (Å²) in [5.41, 5.74) is 4.30. The molecule has 0 fully saturated rings. The molecule has 6 heteroatoms. The number of nitrogens with zero attached hydrogens (tertiary/aromatic N) is 2. The molecule has 90 valence electrons. The smallest absolute Gasteiger partial charge is 0.231 e. The zero-order valence-corrected chi connectivity index (χ0v) is 11.1. The van der Waals surface area contributed by atoms with Gasteiger partial charge in [-0.3, -0.25) is 4.31 Å². The van der Waals surface area contributed by atoms with E-state index < -0.39 is 10.0 Å². The third-order valence-electron chi connectivity index (χ3n) is 2.46. The molecule has 1 aromatic carbocycles. The molecule has 0 saturated carbocycles. The van der Waals surface area contributed by atoms with Gasteiger partial charge in [-0.2, -0.15) is 0 Å². The fourth-order valence-corrected chi connectivity index (χ4v) is 2.45. The van der Waals surface area contributed by atoms with Crippen LogP contribution >= 0.6 is 11.3 Å². The second-order valence-corrected chi connectivity index (χ2v) is 6.38. The highest BCUT2D eigenvalue weighted by atomic mass is 32.2. The van der Waals surface area contributed by atoms with Gasteiger partial charge >= 0.3 is 0 Å². The molecule has 2 aromatic rings. The summed E-state index contributed by atoms with van der Waals surface area (Å²) < 4.78 is 24.0. The van der Waals surface area contributed by atoms with Gasteiger partial charge in [-0.25, -0.2) is 13.4 Å². The van der Waals surface area contributed by atoms with Crippen molar-refractivity contribution in [2.45, 2.75) is 0 Å². The Bertz CT molecular complexity index is 589. The van der Waals surface area contributed by atoms with Gasteiger partial charge in [0.1, 0.15) is 0 Å². The molecule has 0 saturated heterocycles. The molecule has 0 atom stereocenters. The molecule has 0 radical (unpaired) electrons. The third-order valence-corrected chi connectivity index (χ3v) is 4.25. The number of rotatable bonds is 3. The molecule has 17 heavy (non-hydrogen) atoms. The van der Waals surface area contributed by atoms with Crippen LogP contribution in [0.25, 0.3) is 11.3 Å². The summed E-state index contributed by atoms with van der Waals surface area (Å²) in [4.78, 5) is 4.20. The molecule has 4 nitrogen and oxygen atoms in total. The van der Waals surface area contributed by atoms with E-state index in [1.807, 2.05) is 17.5 Å². The van der Waals surface area contributed by atoms with Gasteiger partial charge in [0.25, 0.3) is 0 Å². The van der Waals surface area contributed by atoms with Crippen LogP contribution in [0.15, 0.2) is 35.2 Å². The minimum absolute atomic E-state index is 0.645. The maximum atomic E-state index is 11.4. The van der Waals surface area contributed by atoms with E-state index in [0.29, 0.717) is 5.69 Å². The Kier molecular flexibility index (Phi) is 3.17. The third kappa shape index (κ3) is 2.65. The summed E-state index contributed by atoms with van der Waals surface area (Å²) >= 11 is 1.53.